The van der Waals surface area contributed by atoms with E-state index in [2.05, 4.69) is 10.3 Å². The molecule has 1 fully saturated rings. The molecule has 0 unspecified atom stereocenters. The first-order valence-electron chi connectivity index (χ1n) is 7.59. The van der Waals surface area contributed by atoms with E-state index in [1.807, 2.05) is 6.07 Å². The first kappa shape index (κ1) is 16.2. The number of fused-ring (bicyclic) bond motifs is 1. The van der Waals surface area contributed by atoms with Crippen LogP contribution in [0.4, 0.5) is 5.69 Å². The zero-order valence-electron chi connectivity index (χ0n) is 13.2. The predicted molar refractivity (Wildman–Crippen MR) is 94.1 cm³/mol. The summed E-state index contributed by atoms with van der Waals surface area (Å²) in [6, 6.07) is 11.4. The van der Waals surface area contributed by atoms with Gasteiger partial charge in [0.2, 0.25) is 6.79 Å². The lowest BCUT2D eigenvalue weighted by Gasteiger charge is -2.02. The molecule has 0 atom stereocenters. The van der Waals surface area contributed by atoms with Crippen molar-refractivity contribution >= 4 is 40.6 Å². The molecule has 1 saturated heterocycles. The second-order valence-electron chi connectivity index (χ2n) is 5.43. The molecule has 2 aliphatic rings. The standard InChI is InChI=1S/C18H12N2O5S/c21-16-15(7-10-4-5-13-14(6-10)25-9-24-13)26-18(20-16)19-12-3-1-2-11(8-12)17(22)23/h1-8H,9H2,(H,22,23)(H,19,20,21)/p-1/b15-7+. The highest BCUT2D eigenvalue weighted by Gasteiger charge is 2.24. The number of aliphatic imine (C=N–C) groups is 1. The van der Waals surface area contributed by atoms with Crippen LogP contribution in [0.15, 0.2) is 52.4 Å². The fourth-order valence-electron chi connectivity index (χ4n) is 2.45. The fourth-order valence-corrected chi connectivity index (χ4v) is 3.30. The van der Waals surface area contributed by atoms with Gasteiger partial charge in [-0.15, -0.1) is 0 Å². The van der Waals surface area contributed by atoms with E-state index in [1.54, 1.807) is 30.3 Å². The molecule has 1 amide bonds. The predicted octanol–water partition coefficient (Wildman–Crippen LogP) is 1.67. The molecule has 2 heterocycles. The fraction of sp³-hybridized carbons (Fsp3) is 0.0556. The SMILES string of the molecule is O=C1NC(=Nc2cccc(C(=O)[O-])c2)S/C1=C/c1ccc2c(c1)OCO2. The Bertz CT molecular complexity index is 983. The van der Waals surface area contributed by atoms with Crippen LogP contribution in [0.5, 0.6) is 11.5 Å². The quantitative estimate of drug-likeness (QED) is 0.829. The Kier molecular flexibility index (Phi) is 4.10. The van der Waals surface area contributed by atoms with E-state index in [-0.39, 0.29) is 18.3 Å². The number of rotatable bonds is 3. The third kappa shape index (κ3) is 3.27. The second kappa shape index (κ2) is 6.57. The summed E-state index contributed by atoms with van der Waals surface area (Å²) < 4.78 is 10.6. The van der Waals surface area contributed by atoms with Crippen molar-refractivity contribution in [1.29, 1.82) is 0 Å². The lowest BCUT2D eigenvalue weighted by atomic mass is 10.2. The Morgan fingerprint density at radius 3 is 2.88 bits per heavy atom. The van der Waals surface area contributed by atoms with Crippen LogP contribution in [-0.4, -0.2) is 23.8 Å². The van der Waals surface area contributed by atoms with Crippen LogP contribution in [0.25, 0.3) is 6.08 Å². The smallest absolute Gasteiger partial charge is 0.264 e. The van der Waals surface area contributed by atoms with E-state index < -0.39 is 5.97 Å². The molecule has 1 N–H and O–H groups in total. The number of carbonyl (C=O) groups is 2. The molecule has 2 aliphatic heterocycles. The molecule has 2 aromatic carbocycles. The minimum absolute atomic E-state index is 0.0253. The van der Waals surface area contributed by atoms with Crippen LogP contribution < -0.4 is 19.9 Å². The molecular formula is C18H11N2O5S-. The highest BCUT2D eigenvalue weighted by atomic mass is 32.2. The molecule has 0 aromatic heterocycles. The van der Waals surface area contributed by atoms with Crippen LogP contribution in [0.1, 0.15) is 15.9 Å². The number of aromatic carboxylic acids is 1. The Hall–Kier alpha value is -3.26. The third-order valence-corrected chi connectivity index (χ3v) is 4.57. The van der Waals surface area contributed by atoms with E-state index in [0.29, 0.717) is 27.3 Å². The maximum absolute atomic E-state index is 12.1. The normalized spacial score (nSPS) is 18.4. The molecule has 26 heavy (non-hydrogen) atoms. The summed E-state index contributed by atoms with van der Waals surface area (Å²) in [5.74, 6) is -0.248. The molecule has 2 aromatic rings. The van der Waals surface area contributed by atoms with E-state index in [9.17, 15) is 14.7 Å². The van der Waals surface area contributed by atoms with Gasteiger partial charge in [-0.2, -0.15) is 0 Å². The lowest BCUT2D eigenvalue weighted by Crippen LogP contribution is -2.22. The van der Waals surface area contributed by atoms with Crippen LogP contribution in [0, 0.1) is 0 Å². The highest BCUT2D eigenvalue weighted by Crippen LogP contribution is 2.34. The van der Waals surface area contributed by atoms with Crippen molar-refractivity contribution in [3.05, 3.63) is 58.5 Å². The summed E-state index contributed by atoms with van der Waals surface area (Å²) in [6.45, 7) is 0.187. The lowest BCUT2D eigenvalue weighted by molar-refractivity contribution is -0.255. The van der Waals surface area contributed by atoms with E-state index in [1.165, 1.54) is 23.9 Å². The van der Waals surface area contributed by atoms with Gasteiger partial charge in [0.25, 0.3) is 5.91 Å². The van der Waals surface area contributed by atoms with Crippen LogP contribution in [0.2, 0.25) is 0 Å². The van der Waals surface area contributed by atoms with Gasteiger partial charge in [-0.1, -0.05) is 18.2 Å². The minimum atomic E-state index is -1.28. The summed E-state index contributed by atoms with van der Waals surface area (Å²) >= 11 is 1.17. The van der Waals surface area contributed by atoms with Gasteiger partial charge in [0, 0.05) is 0 Å². The van der Waals surface area contributed by atoms with E-state index in [0.717, 1.165) is 5.56 Å². The van der Waals surface area contributed by atoms with Crippen molar-refractivity contribution < 1.29 is 24.2 Å². The van der Waals surface area contributed by atoms with Gasteiger partial charge in [-0.3, -0.25) is 4.79 Å². The first-order chi connectivity index (χ1) is 12.6. The zero-order valence-corrected chi connectivity index (χ0v) is 14.0. The van der Waals surface area contributed by atoms with Crippen LogP contribution in [-0.2, 0) is 4.79 Å². The average molecular weight is 367 g/mol. The molecular weight excluding hydrogens is 356 g/mol. The zero-order chi connectivity index (χ0) is 18.1. The van der Waals surface area contributed by atoms with Gasteiger partial charge in [-0.05, 0) is 53.2 Å². The van der Waals surface area contributed by atoms with E-state index >= 15 is 0 Å². The number of carboxylic acids is 1. The van der Waals surface area contributed by atoms with Gasteiger partial charge in [-0.25, -0.2) is 4.99 Å². The Morgan fingerprint density at radius 1 is 1.19 bits per heavy atom. The minimum Gasteiger partial charge on any atom is -0.545 e. The summed E-state index contributed by atoms with van der Waals surface area (Å²) in [4.78, 5) is 27.8. The molecule has 0 radical (unpaired) electrons. The van der Waals surface area contributed by atoms with Crippen molar-refractivity contribution in [3.8, 4) is 11.5 Å². The number of nitrogens with one attached hydrogen (secondary N) is 1. The molecule has 0 saturated carbocycles. The maximum Gasteiger partial charge on any atom is 0.264 e. The summed E-state index contributed by atoms with van der Waals surface area (Å²) in [6.07, 6.45) is 1.72. The molecule has 8 heteroatoms. The summed E-state index contributed by atoms with van der Waals surface area (Å²) in [5.41, 5.74) is 1.24. The average Bonchev–Trinajstić information content (AvgIpc) is 3.21. The van der Waals surface area contributed by atoms with E-state index in [4.69, 9.17) is 9.47 Å². The van der Waals surface area contributed by atoms with Crippen LogP contribution in [0.3, 0.4) is 0 Å². The number of benzene rings is 2. The van der Waals surface area contributed by atoms with Gasteiger partial charge >= 0.3 is 0 Å². The van der Waals surface area contributed by atoms with Gasteiger partial charge in [0.15, 0.2) is 16.7 Å². The molecule has 0 aliphatic carbocycles. The Balaban J connectivity index is 1.57. The molecule has 4 rings (SSSR count). The molecule has 130 valence electrons. The number of ether oxygens (including phenoxy) is 2. The maximum atomic E-state index is 12.1. The number of hydrogen-bond acceptors (Lipinski definition) is 7. The number of thioether (sulfide) groups is 1. The number of hydrogen-bond donors (Lipinski definition) is 1. The summed E-state index contributed by atoms with van der Waals surface area (Å²) in [5, 5.41) is 13.9. The van der Waals surface area contributed by atoms with Gasteiger partial charge < -0.3 is 24.7 Å². The third-order valence-electron chi connectivity index (χ3n) is 3.66. The second-order valence-corrected chi connectivity index (χ2v) is 6.46. The molecule has 0 bridgehead atoms. The largest absolute Gasteiger partial charge is 0.545 e. The number of carboxylic acid groups (broad SMARTS) is 1. The number of amidine groups is 1. The monoisotopic (exact) mass is 367 g/mol. The van der Waals surface area contributed by atoms with Crippen molar-refractivity contribution in [1.82, 2.24) is 5.32 Å². The summed E-state index contributed by atoms with van der Waals surface area (Å²) in [7, 11) is 0. The van der Waals surface area contributed by atoms with Crippen molar-refractivity contribution in [3.63, 3.8) is 0 Å². The number of amides is 1. The van der Waals surface area contributed by atoms with Crippen molar-refractivity contribution in [2.24, 2.45) is 4.99 Å². The first-order valence-corrected chi connectivity index (χ1v) is 8.41. The van der Waals surface area contributed by atoms with Crippen molar-refractivity contribution in [2.45, 2.75) is 0 Å². The van der Waals surface area contributed by atoms with Gasteiger partial charge in [0.1, 0.15) is 0 Å². The van der Waals surface area contributed by atoms with Gasteiger partial charge in [0.05, 0.1) is 16.6 Å². The number of carbonyl (C=O) groups excluding carboxylic acids is 2. The Labute approximate surface area is 152 Å². The number of nitrogens with zero attached hydrogens (tertiary/aromatic N) is 1. The topological polar surface area (TPSA) is 100 Å². The molecule has 7 nitrogen and oxygen atoms in total. The Morgan fingerprint density at radius 2 is 2.04 bits per heavy atom. The highest BCUT2D eigenvalue weighted by molar-refractivity contribution is 8.18. The molecule has 0 spiro atoms. The van der Waals surface area contributed by atoms with Crippen LogP contribution >= 0.6 is 11.8 Å². The van der Waals surface area contributed by atoms with Crippen molar-refractivity contribution in [2.75, 3.05) is 6.79 Å².